The van der Waals surface area contributed by atoms with E-state index in [4.69, 9.17) is 9.73 Å². The fourth-order valence-electron chi connectivity index (χ4n) is 3.46. The highest BCUT2D eigenvalue weighted by molar-refractivity contribution is 5.85. The van der Waals surface area contributed by atoms with E-state index in [1.807, 2.05) is 19.1 Å². The number of allylic oxidation sites excluding steroid dienone is 1. The summed E-state index contributed by atoms with van der Waals surface area (Å²) in [4.78, 5) is 9.07. The van der Waals surface area contributed by atoms with Crippen molar-refractivity contribution in [3.63, 3.8) is 0 Å². The van der Waals surface area contributed by atoms with Crippen LogP contribution in [0.2, 0.25) is 0 Å². The molecule has 33 heavy (non-hydrogen) atoms. The molecule has 1 aromatic carbocycles. The first-order valence-electron chi connectivity index (χ1n) is 10.6. The molecule has 0 radical (unpaired) electrons. The average Bonchev–Trinajstić information content (AvgIpc) is 2.79. The third-order valence-electron chi connectivity index (χ3n) is 4.97. The topological polar surface area (TPSA) is 67.8 Å². The van der Waals surface area contributed by atoms with Crippen LogP contribution in [0.5, 0.6) is 5.75 Å². The zero-order chi connectivity index (χ0) is 23.8. The highest BCUT2D eigenvalue weighted by atomic mass is 19.4. The summed E-state index contributed by atoms with van der Waals surface area (Å²) in [5, 5.41) is 6.21. The van der Waals surface area contributed by atoms with E-state index in [1.165, 1.54) is 6.07 Å². The summed E-state index contributed by atoms with van der Waals surface area (Å²) >= 11 is 0. The molecule has 0 unspecified atom stereocenters. The van der Waals surface area contributed by atoms with Crippen molar-refractivity contribution in [2.24, 2.45) is 10.9 Å². The Morgan fingerprint density at radius 1 is 1.30 bits per heavy atom. The van der Waals surface area contributed by atoms with Crippen molar-refractivity contribution < 1.29 is 27.0 Å². The summed E-state index contributed by atoms with van der Waals surface area (Å²) in [5.41, 5.74) is 1.75. The van der Waals surface area contributed by atoms with E-state index in [0.29, 0.717) is 11.7 Å². The lowest BCUT2D eigenvalue weighted by atomic mass is 9.99. The SMILES string of the molecule is CC/C=C(/N=C(\OC)[C@@H]1CCCNC1)c1ccc(Nc2ccc(OC(F)(F)F)c(F)c2)nc1. The molecule has 1 atom stereocenters. The normalized spacial score (nSPS) is 17.6. The predicted molar refractivity (Wildman–Crippen MR) is 119 cm³/mol. The Hall–Kier alpha value is -3.14. The summed E-state index contributed by atoms with van der Waals surface area (Å²) in [6, 6.07) is 6.58. The maximum Gasteiger partial charge on any atom is 0.573 e. The summed E-state index contributed by atoms with van der Waals surface area (Å²) in [6.45, 7) is 3.82. The van der Waals surface area contributed by atoms with Gasteiger partial charge in [-0.3, -0.25) is 0 Å². The van der Waals surface area contributed by atoms with Gasteiger partial charge < -0.3 is 20.1 Å². The Bertz CT molecular complexity index is 985. The lowest BCUT2D eigenvalue weighted by Crippen LogP contribution is -2.35. The second-order valence-electron chi connectivity index (χ2n) is 7.45. The van der Waals surface area contributed by atoms with Crippen LogP contribution in [0.3, 0.4) is 0 Å². The van der Waals surface area contributed by atoms with Gasteiger partial charge in [-0.1, -0.05) is 13.0 Å². The Kier molecular flexibility index (Phi) is 8.26. The van der Waals surface area contributed by atoms with Crippen molar-refractivity contribution in [2.45, 2.75) is 32.5 Å². The van der Waals surface area contributed by atoms with Crippen LogP contribution in [0, 0.1) is 11.7 Å². The third kappa shape index (κ3) is 7.18. The predicted octanol–water partition coefficient (Wildman–Crippen LogP) is 5.66. The molecule has 0 bridgehead atoms. The molecule has 1 saturated heterocycles. The molecule has 10 heteroatoms. The minimum Gasteiger partial charge on any atom is -0.484 e. The van der Waals surface area contributed by atoms with E-state index in [-0.39, 0.29) is 11.6 Å². The van der Waals surface area contributed by atoms with Gasteiger partial charge in [-0.05, 0) is 50.1 Å². The van der Waals surface area contributed by atoms with Gasteiger partial charge in [0.2, 0.25) is 0 Å². The van der Waals surface area contributed by atoms with Crippen molar-refractivity contribution in [1.29, 1.82) is 0 Å². The second kappa shape index (κ2) is 11.1. The molecular weight excluding hydrogens is 440 g/mol. The Morgan fingerprint density at radius 2 is 2.12 bits per heavy atom. The number of halogens is 4. The van der Waals surface area contributed by atoms with E-state index in [2.05, 4.69) is 20.4 Å². The number of aliphatic imine (C=N–C) groups is 1. The monoisotopic (exact) mass is 466 g/mol. The Balaban J connectivity index is 1.74. The van der Waals surface area contributed by atoms with Gasteiger partial charge in [0, 0.05) is 36.0 Å². The molecule has 0 aliphatic carbocycles. The number of benzene rings is 1. The van der Waals surface area contributed by atoms with E-state index in [9.17, 15) is 17.6 Å². The van der Waals surface area contributed by atoms with Gasteiger partial charge in [0.15, 0.2) is 17.5 Å². The number of aromatic nitrogens is 1. The Morgan fingerprint density at radius 3 is 2.70 bits per heavy atom. The fraction of sp³-hybridized carbons (Fsp3) is 0.391. The number of alkyl halides is 3. The molecule has 0 saturated carbocycles. The molecule has 2 aromatic rings. The molecule has 178 valence electrons. The summed E-state index contributed by atoms with van der Waals surface area (Å²) < 4.78 is 60.0. The lowest BCUT2D eigenvalue weighted by molar-refractivity contribution is -0.275. The van der Waals surface area contributed by atoms with Crippen LogP contribution >= 0.6 is 0 Å². The van der Waals surface area contributed by atoms with Crippen LogP contribution in [0.1, 0.15) is 31.7 Å². The van der Waals surface area contributed by atoms with Crippen molar-refractivity contribution >= 4 is 23.1 Å². The van der Waals surface area contributed by atoms with Crippen LogP contribution < -0.4 is 15.4 Å². The van der Waals surface area contributed by atoms with Gasteiger partial charge in [-0.25, -0.2) is 14.4 Å². The highest BCUT2D eigenvalue weighted by Gasteiger charge is 2.32. The largest absolute Gasteiger partial charge is 0.573 e. The van der Waals surface area contributed by atoms with Crippen molar-refractivity contribution in [2.75, 3.05) is 25.5 Å². The molecule has 6 nitrogen and oxygen atoms in total. The quantitative estimate of drug-likeness (QED) is 0.313. The molecule has 1 aliphatic rings. The minimum atomic E-state index is -4.96. The van der Waals surface area contributed by atoms with Gasteiger partial charge in [0.25, 0.3) is 0 Å². The number of anilines is 2. The van der Waals surface area contributed by atoms with Crippen molar-refractivity contribution in [3.8, 4) is 5.75 Å². The number of nitrogens with zero attached hydrogens (tertiary/aromatic N) is 2. The van der Waals surface area contributed by atoms with Crippen LogP contribution in [-0.4, -0.2) is 37.4 Å². The molecule has 1 aromatic heterocycles. The zero-order valence-electron chi connectivity index (χ0n) is 18.4. The molecule has 3 rings (SSSR count). The first-order chi connectivity index (χ1) is 15.8. The van der Waals surface area contributed by atoms with Crippen LogP contribution in [0.4, 0.5) is 29.1 Å². The number of piperidine rings is 1. The van der Waals surface area contributed by atoms with Gasteiger partial charge >= 0.3 is 6.36 Å². The number of methoxy groups -OCH3 is 1. The van der Waals surface area contributed by atoms with Crippen LogP contribution in [0.25, 0.3) is 5.70 Å². The zero-order valence-corrected chi connectivity index (χ0v) is 18.4. The molecule has 1 fully saturated rings. The van der Waals surface area contributed by atoms with Gasteiger partial charge in [-0.15, -0.1) is 13.2 Å². The summed E-state index contributed by atoms with van der Waals surface area (Å²) in [7, 11) is 1.62. The van der Waals surface area contributed by atoms with Gasteiger partial charge in [-0.2, -0.15) is 0 Å². The number of hydrogen-bond acceptors (Lipinski definition) is 6. The molecule has 0 spiro atoms. The number of rotatable bonds is 7. The first kappa shape index (κ1) is 24.5. The highest BCUT2D eigenvalue weighted by Crippen LogP contribution is 2.29. The molecular formula is C23H26F4N4O2. The number of ether oxygens (including phenoxy) is 2. The van der Waals surface area contributed by atoms with E-state index >= 15 is 0 Å². The minimum absolute atomic E-state index is 0.206. The van der Waals surface area contributed by atoms with Gasteiger partial charge in [0.05, 0.1) is 12.8 Å². The summed E-state index contributed by atoms with van der Waals surface area (Å²) in [6.07, 6.45) is 1.47. The number of pyridine rings is 1. The standard InChI is InChI=1S/C23H26F4N4O2/c1-3-5-19(31-22(32-2)16-6-4-11-28-13-16)15-7-10-21(29-14-15)30-17-8-9-20(18(24)12-17)33-23(25,26)27/h5,7-10,12,14,16,28H,3-4,6,11,13H2,1-2H3,(H,29,30)/b19-5+,31-22-/t16-/m1/s1. The lowest BCUT2D eigenvalue weighted by Gasteiger charge is -2.23. The Labute approximate surface area is 189 Å². The maximum atomic E-state index is 13.9. The van der Waals surface area contributed by atoms with Crippen molar-refractivity contribution in [3.05, 3.63) is 54.0 Å². The second-order valence-corrected chi connectivity index (χ2v) is 7.45. The van der Waals surface area contributed by atoms with E-state index in [0.717, 1.165) is 55.7 Å². The maximum absolute atomic E-state index is 13.9. The van der Waals surface area contributed by atoms with Crippen LogP contribution in [-0.2, 0) is 4.74 Å². The number of hydrogen-bond donors (Lipinski definition) is 2. The average molecular weight is 466 g/mol. The molecule has 2 N–H and O–H groups in total. The number of nitrogens with one attached hydrogen (secondary N) is 2. The summed E-state index contributed by atoms with van der Waals surface area (Å²) in [5.74, 6) is -0.768. The van der Waals surface area contributed by atoms with Crippen molar-refractivity contribution in [1.82, 2.24) is 10.3 Å². The fourth-order valence-corrected chi connectivity index (χ4v) is 3.46. The van der Waals surface area contributed by atoms with Crippen LogP contribution in [0.15, 0.2) is 47.6 Å². The van der Waals surface area contributed by atoms with Gasteiger partial charge in [0.1, 0.15) is 5.82 Å². The third-order valence-corrected chi connectivity index (χ3v) is 4.97. The molecule has 1 aliphatic heterocycles. The van der Waals surface area contributed by atoms with E-state index in [1.54, 1.807) is 19.4 Å². The first-order valence-corrected chi connectivity index (χ1v) is 10.6. The molecule has 2 heterocycles. The van der Waals surface area contributed by atoms with E-state index < -0.39 is 17.9 Å². The smallest absolute Gasteiger partial charge is 0.484 e. The molecule has 0 amide bonds.